The number of halogens is 6. The first kappa shape index (κ1) is 24.6. The van der Waals surface area contributed by atoms with Crippen LogP contribution >= 0.6 is 35.6 Å². The summed E-state index contributed by atoms with van der Waals surface area (Å²) in [5.74, 6) is 3.42. The van der Waals surface area contributed by atoms with Gasteiger partial charge in [0.1, 0.15) is 5.56 Å². The number of aromatic nitrogens is 2. The summed E-state index contributed by atoms with van der Waals surface area (Å²) in [5, 5.41) is 13.1. The summed E-state index contributed by atoms with van der Waals surface area (Å²) in [5.41, 5.74) is 1.08. The minimum atomic E-state index is -4.84. The van der Waals surface area contributed by atoms with Crippen molar-refractivity contribution in [1.29, 1.82) is 0 Å². The van der Waals surface area contributed by atoms with Crippen molar-refractivity contribution in [1.82, 2.24) is 9.78 Å². The van der Waals surface area contributed by atoms with Gasteiger partial charge in [-0.25, -0.2) is 9.48 Å². The molecule has 29 heavy (non-hydrogen) atoms. The van der Waals surface area contributed by atoms with Gasteiger partial charge in [-0.05, 0) is 36.4 Å². The maximum absolute atomic E-state index is 12.9. The SMILES string of the molecule is Cl.NNc1cccc(Cl)c1.O=C(O)c1cnn(-c2cccc(Cl)c2)c1C(F)(F)F. The number of nitrogens with one attached hydrogen (secondary N) is 1. The second kappa shape index (κ2) is 10.4. The van der Waals surface area contributed by atoms with Crippen molar-refractivity contribution in [3.8, 4) is 5.69 Å². The summed E-state index contributed by atoms with van der Waals surface area (Å²) in [6.07, 6.45) is -4.18. The van der Waals surface area contributed by atoms with E-state index in [0.29, 0.717) is 15.9 Å². The Balaban J connectivity index is 0.000000355. The summed E-state index contributed by atoms with van der Waals surface area (Å²) < 4.78 is 39.3. The summed E-state index contributed by atoms with van der Waals surface area (Å²) in [7, 11) is 0. The summed E-state index contributed by atoms with van der Waals surface area (Å²) in [6.45, 7) is 0. The van der Waals surface area contributed by atoms with Crippen molar-refractivity contribution in [3.05, 3.63) is 76.0 Å². The quantitative estimate of drug-likeness (QED) is 0.358. The first-order valence-corrected chi connectivity index (χ1v) is 8.25. The molecule has 1 aromatic heterocycles. The smallest absolute Gasteiger partial charge is 0.434 e. The van der Waals surface area contributed by atoms with Crippen LogP contribution in [-0.2, 0) is 6.18 Å². The molecule has 0 bridgehead atoms. The number of nitrogens with two attached hydrogens (primary N) is 1. The number of benzene rings is 2. The number of nitrogens with zero attached hydrogens (tertiary/aromatic N) is 2. The van der Waals surface area contributed by atoms with E-state index in [0.717, 1.165) is 5.69 Å². The highest BCUT2D eigenvalue weighted by Crippen LogP contribution is 2.33. The van der Waals surface area contributed by atoms with Crippen molar-refractivity contribution in [2.24, 2.45) is 5.84 Å². The number of nitrogen functional groups attached to an aromatic ring is 1. The lowest BCUT2D eigenvalue weighted by Gasteiger charge is -2.11. The van der Waals surface area contributed by atoms with Gasteiger partial charge in [0.05, 0.1) is 11.9 Å². The lowest BCUT2D eigenvalue weighted by atomic mass is 10.2. The van der Waals surface area contributed by atoms with Crippen LogP contribution in [0.15, 0.2) is 54.7 Å². The van der Waals surface area contributed by atoms with Crippen LogP contribution in [0.4, 0.5) is 18.9 Å². The summed E-state index contributed by atoms with van der Waals surface area (Å²) in [4.78, 5) is 10.8. The third-order valence-corrected chi connectivity index (χ3v) is 3.78. The van der Waals surface area contributed by atoms with E-state index in [4.69, 9.17) is 34.2 Å². The van der Waals surface area contributed by atoms with Crippen LogP contribution in [0.2, 0.25) is 10.0 Å². The van der Waals surface area contributed by atoms with Crippen molar-refractivity contribution >= 4 is 47.3 Å². The molecule has 1 heterocycles. The number of hydrogen-bond donors (Lipinski definition) is 3. The van der Waals surface area contributed by atoms with Crippen molar-refractivity contribution in [2.45, 2.75) is 6.18 Å². The van der Waals surface area contributed by atoms with Gasteiger partial charge in [-0.3, -0.25) is 5.84 Å². The standard InChI is InChI=1S/C11H6ClF3N2O2.C6H7ClN2.ClH/c12-6-2-1-3-7(4-6)17-9(11(13,14)15)8(5-16-17)10(18)19;7-5-2-1-3-6(4-5)9-8;/h1-5H,(H,18,19);1-4,9H,8H2;1H. The molecule has 156 valence electrons. The van der Waals surface area contributed by atoms with Crippen LogP contribution in [0.25, 0.3) is 5.69 Å². The third kappa shape index (κ3) is 6.53. The minimum absolute atomic E-state index is 0. The highest BCUT2D eigenvalue weighted by Gasteiger charge is 2.40. The largest absolute Gasteiger partial charge is 0.478 e. The van der Waals surface area contributed by atoms with E-state index in [1.807, 2.05) is 12.1 Å². The monoisotopic (exact) mass is 468 g/mol. The Morgan fingerprint density at radius 2 is 1.69 bits per heavy atom. The van der Waals surface area contributed by atoms with Crippen LogP contribution in [0.3, 0.4) is 0 Å². The maximum Gasteiger partial charge on any atom is 0.434 e. The zero-order valence-corrected chi connectivity index (χ0v) is 16.6. The van der Waals surface area contributed by atoms with E-state index in [1.54, 1.807) is 12.1 Å². The number of anilines is 1. The minimum Gasteiger partial charge on any atom is -0.478 e. The zero-order valence-electron chi connectivity index (χ0n) is 14.3. The number of hydrogen-bond acceptors (Lipinski definition) is 4. The fourth-order valence-corrected chi connectivity index (χ4v) is 2.53. The van der Waals surface area contributed by atoms with Gasteiger partial charge >= 0.3 is 12.1 Å². The Morgan fingerprint density at radius 1 is 1.10 bits per heavy atom. The highest BCUT2D eigenvalue weighted by molar-refractivity contribution is 6.31. The topological polar surface area (TPSA) is 93.2 Å². The van der Waals surface area contributed by atoms with Crippen LogP contribution in [0, 0.1) is 0 Å². The zero-order chi connectivity index (χ0) is 20.9. The molecule has 0 saturated carbocycles. The molecule has 0 fully saturated rings. The first-order chi connectivity index (χ1) is 13.1. The number of carbonyl (C=O) groups is 1. The Kier molecular flexibility index (Phi) is 8.78. The van der Waals surface area contributed by atoms with Gasteiger partial charge in [-0.2, -0.15) is 18.3 Å². The molecule has 4 N–H and O–H groups in total. The van der Waals surface area contributed by atoms with Gasteiger partial charge in [-0.1, -0.05) is 35.3 Å². The Morgan fingerprint density at radius 3 is 2.14 bits per heavy atom. The van der Waals surface area contributed by atoms with E-state index in [2.05, 4.69) is 10.5 Å². The highest BCUT2D eigenvalue weighted by atomic mass is 35.5. The number of alkyl halides is 3. The number of carboxylic acid groups (broad SMARTS) is 1. The summed E-state index contributed by atoms with van der Waals surface area (Å²) in [6, 6.07) is 12.8. The molecule has 0 aliphatic rings. The van der Waals surface area contributed by atoms with E-state index >= 15 is 0 Å². The third-order valence-electron chi connectivity index (χ3n) is 3.31. The molecule has 3 aromatic rings. The molecule has 6 nitrogen and oxygen atoms in total. The van der Waals surface area contributed by atoms with Crippen LogP contribution < -0.4 is 11.3 Å². The van der Waals surface area contributed by atoms with E-state index in [9.17, 15) is 18.0 Å². The number of aromatic carboxylic acids is 1. The average molecular weight is 470 g/mol. The lowest BCUT2D eigenvalue weighted by molar-refractivity contribution is -0.143. The molecule has 0 atom stereocenters. The van der Waals surface area contributed by atoms with Gasteiger partial charge in [0.2, 0.25) is 0 Å². The normalized spacial score (nSPS) is 10.4. The van der Waals surface area contributed by atoms with E-state index in [-0.39, 0.29) is 23.1 Å². The van der Waals surface area contributed by atoms with Crippen molar-refractivity contribution < 1.29 is 23.1 Å². The van der Waals surface area contributed by atoms with Crippen molar-refractivity contribution in [2.75, 3.05) is 5.43 Å². The maximum atomic E-state index is 12.9. The molecule has 0 amide bonds. The number of carboxylic acids is 1. The van der Waals surface area contributed by atoms with Gasteiger partial charge in [0.15, 0.2) is 5.69 Å². The first-order valence-electron chi connectivity index (χ1n) is 7.50. The molecule has 2 aromatic carbocycles. The van der Waals surface area contributed by atoms with Gasteiger partial charge in [0.25, 0.3) is 0 Å². The molecular weight excluding hydrogens is 456 g/mol. The molecule has 0 unspecified atom stereocenters. The number of hydrazine groups is 1. The molecular formula is C17H14Cl3F3N4O2. The molecule has 0 saturated heterocycles. The fourth-order valence-electron chi connectivity index (χ4n) is 2.16. The van der Waals surface area contributed by atoms with Crippen LogP contribution in [-0.4, -0.2) is 20.9 Å². The average Bonchev–Trinajstić information content (AvgIpc) is 3.08. The Bertz CT molecular complexity index is 981. The summed E-state index contributed by atoms with van der Waals surface area (Å²) >= 11 is 11.3. The number of rotatable bonds is 3. The lowest BCUT2D eigenvalue weighted by Crippen LogP contribution is -2.17. The molecule has 3 rings (SSSR count). The van der Waals surface area contributed by atoms with Gasteiger partial charge < -0.3 is 10.5 Å². The van der Waals surface area contributed by atoms with E-state index < -0.39 is 23.4 Å². The van der Waals surface area contributed by atoms with Crippen molar-refractivity contribution in [3.63, 3.8) is 0 Å². The Labute approximate surface area is 179 Å². The van der Waals surface area contributed by atoms with E-state index in [1.165, 1.54) is 24.3 Å². The predicted molar refractivity (Wildman–Crippen MR) is 107 cm³/mol. The van der Waals surface area contributed by atoms with Gasteiger partial charge in [-0.15, -0.1) is 12.4 Å². The molecule has 0 aliphatic heterocycles. The predicted octanol–water partition coefficient (Wildman–Crippen LogP) is 5.29. The molecule has 0 radical (unpaired) electrons. The van der Waals surface area contributed by atoms with Crippen LogP contribution in [0.1, 0.15) is 16.1 Å². The second-order valence-corrected chi connectivity index (χ2v) is 6.13. The Hall–Kier alpha value is -2.46. The molecule has 0 spiro atoms. The molecule has 12 heteroatoms. The van der Waals surface area contributed by atoms with Crippen LogP contribution in [0.5, 0.6) is 0 Å². The molecule has 0 aliphatic carbocycles. The van der Waals surface area contributed by atoms with Gasteiger partial charge in [0, 0.05) is 15.7 Å². The fraction of sp³-hybridized carbons (Fsp3) is 0.0588. The second-order valence-electron chi connectivity index (χ2n) is 5.26.